The average Bonchev–Trinajstić information content (AvgIpc) is 3.09. The van der Waals surface area contributed by atoms with Gasteiger partial charge in [0.2, 0.25) is 5.91 Å². The van der Waals surface area contributed by atoms with Crippen molar-refractivity contribution in [3.63, 3.8) is 0 Å². The number of likely N-dealkylation sites (tertiary alicyclic amines) is 1. The highest BCUT2D eigenvalue weighted by molar-refractivity contribution is 5.79. The van der Waals surface area contributed by atoms with Gasteiger partial charge in [0.15, 0.2) is 17.3 Å². The highest BCUT2D eigenvalue weighted by Gasteiger charge is 2.40. The van der Waals surface area contributed by atoms with Crippen LogP contribution in [0.2, 0.25) is 0 Å². The molecule has 2 heterocycles. The number of hydrogen-bond acceptors (Lipinski definition) is 5. The minimum Gasteiger partial charge on any atom is -0.479 e. The van der Waals surface area contributed by atoms with Gasteiger partial charge < -0.3 is 19.5 Å². The van der Waals surface area contributed by atoms with Gasteiger partial charge in [-0.2, -0.15) is 0 Å². The number of aliphatic carboxylic acids is 1. The van der Waals surface area contributed by atoms with Crippen molar-refractivity contribution in [2.75, 3.05) is 13.1 Å². The minimum atomic E-state index is -1.76. The fourth-order valence-corrected chi connectivity index (χ4v) is 2.92. The predicted octanol–water partition coefficient (Wildman–Crippen LogP) is 1.85. The molecule has 1 aliphatic rings. The summed E-state index contributed by atoms with van der Waals surface area (Å²) in [6.45, 7) is 0.376. The molecule has 0 aliphatic carbocycles. The molecule has 0 spiro atoms. The lowest BCUT2D eigenvalue weighted by Crippen LogP contribution is -2.50. The van der Waals surface area contributed by atoms with Crippen LogP contribution in [0.5, 0.6) is 0 Å². The Kier molecular flexibility index (Phi) is 5.03. The number of oxazole rings is 1. The molecule has 1 aliphatic heterocycles. The van der Waals surface area contributed by atoms with Crippen molar-refractivity contribution < 1.29 is 28.6 Å². The maximum Gasteiger partial charge on any atom is 0.335 e. The summed E-state index contributed by atoms with van der Waals surface area (Å²) in [5.74, 6) is -1.20. The summed E-state index contributed by atoms with van der Waals surface area (Å²) in [5.41, 5.74) is -1.45. The molecule has 1 aromatic heterocycles. The second-order valence-corrected chi connectivity index (χ2v) is 6.32. The third-order valence-corrected chi connectivity index (χ3v) is 4.59. The lowest BCUT2D eigenvalue weighted by Gasteiger charge is -2.35. The topological polar surface area (TPSA) is 104 Å². The van der Waals surface area contributed by atoms with E-state index in [1.807, 2.05) is 0 Å². The highest BCUT2D eigenvalue weighted by Crippen LogP contribution is 2.25. The number of aryl methyl sites for hydroxylation is 1. The molecule has 0 radical (unpaired) electrons. The standard InChI is InChI=1S/C18H19FN2O5/c19-13-4-2-1-3-12(13)14-11-20-15(26-14)5-6-16(22)21-9-7-18(25,8-10-21)17(23)24/h1-4,11,25H,5-10H2,(H,23,24). The molecule has 0 bridgehead atoms. The van der Waals surface area contributed by atoms with Gasteiger partial charge >= 0.3 is 5.97 Å². The van der Waals surface area contributed by atoms with Crippen LogP contribution < -0.4 is 0 Å². The quantitative estimate of drug-likeness (QED) is 0.841. The zero-order valence-electron chi connectivity index (χ0n) is 14.0. The second kappa shape index (κ2) is 7.25. The van der Waals surface area contributed by atoms with Crippen molar-refractivity contribution in [1.29, 1.82) is 0 Å². The Bertz CT molecular complexity index is 811. The molecule has 3 rings (SSSR count). The summed E-state index contributed by atoms with van der Waals surface area (Å²) in [4.78, 5) is 28.9. The Morgan fingerprint density at radius 2 is 1.96 bits per heavy atom. The zero-order chi connectivity index (χ0) is 18.7. The zero-order valence-corrected chi connectivity index (χ0v) is 14.0. The molecule has 2 aromatic rings. The number of halogens is 1. The molecule has 0 unspecified atom stereocenters. The van der Waals surface area contributed by atoms with Crippen LogP contribution in [-0.2, 0) is 16.0 Å². The molecule has 26 heavy (non-hydrogen) atoms. The molecule has 0 atom stereocenters. The third kappa shape index (κ3) is 3.75. The molecule has 1 saturated heterocycles. The molecule has 8 heteroatoms. The van der Waals surface area contributed by atoms with Crippen molar-refractivity contribution in [2.45, 2.75) is 31.3 Å². The van der Waals surface area contributed by atoms with Crippen LogP contribution in [-0.4, -0.2) is 50.7 Å². The van der Waals surface area contributed by atoms with Crippen LogP contribution in [0.25, 0.3) is 11.3 Å². The lowest BCUT2D eigenvalue weighted by molar-refractivity contribution is -0.165. The molecule has 7 nitrogen and oxygen atoms in total. The summed E-state index contributed by atoms with van der Waals surface area (Å²) in [6, 6.07) is 6.19. The van der Waals surface area contributed by atoms with E-state index in [9.17, 15) is 19.1 Å². The van der Waals surface area contributed by atoms with Gasteiger partial charge in [0, 0.05) is 38.8 Å². The number of piperidine rings is 1. The van der Waals surface area contributed by atoms with Crippen LogP contribution in [0.15, 0.2) is 34.9 Å². The van der Waals surface area contributed by atoms with Gasteiger partial charge in [0.05, 0.1) is 11.8 Å². The summed E-state index contributed by atoms with van der Waals surface area (Å²) in [7, 11) is 0. The maximum absolute atomic E-state index is 13.8. The first-order chi connectivity index (χ1) is 12.4. The van der Waals surface area contributed by atoms with Gasteiger partial charge in [-0.15, -0.1) is 0 Å². The van der Waals surface area contributed by atoms with Gasteiger partial charge in [-0.05, 0) is 12.1 Å². The van der Waals surface area contributed by atoms with Crippen LogP contribution in [0, 0.1) is 5.82 Å². The monoisotopic (exact) mass is 362 g/mol. The molecule has 2 N–H and O–H groups in total. The maximum atomic E-state index is 13.8. The smallest absolute Gasteiger partial charge is 0.335 e. The van der Waals surface area contributed by atoms with Gasteiger partial charge in [-0.1, -0.05) is 12.1 Å². The molecular weight excluding hydrogens is 343 g/mol. The number of carbonyl (C=O) groups is 2. The average molecular weight is 362 g/mol. The van der Waals surface area contributed by atoms with E-state index in [1.54, 1.807) is 18.2 Å². The Hall–Kier alpha value is -2.74. The van der Waals surface area contributed by atoms with E-state index in [2.05, 4.69) is 4.98 Å². The van der Waals surface area contributed by atoms with Crippen molar-refractivity contribution in [2.24, 2.45) is 0 Å². The first-order valence-electron chi connectivity index (χ1n) is 8.32. The number of amides is 1. The number of nitrogens with zero attached hydrogens (tertiary/aromatic N) is 2. The lowest BCUT2D eigenvalue weighted by atomic mass is 9.91. The predicted molar refractivity (Wildman–Crippen MR) is 88.6 cm³/mol. The number of rotatable bonds is 5. The van der Waals surface area contributed by atoms with E-state index in [0.29, 0.717) is 17.2 Å². The summed E-state index contributed by atoms with van der Waals surface area (Å²) < 4.78 is 19.3. The number of carboxylic acid groups (broad SMARTS) is 1. The van der Waals surface area contributed by atoms with E-state index in [-0.39, 0.29) is 44.7 Å². The summed E-state index contributed by atoms with van der Waals surface area (Å²) in [5, 5.41) is 18.9. The van der Waals surface area contributed by atoms with Crippen LogP contribution in [0.3, 0.4) is 0 Å². The fourth-order valence-electron chi connectivity index (χ4n) is 2.92. The number of benzene rings is 1. The Balaban J connectivity index is 1.55. The first kappa shape index (κ1) is 18.1. The molecular formula is C18H19FN2O5. The third-order valence-electron chi connectivity index (χ3n) is 4.59. The number of aromatic nitrogens is 1. The van der Waals surface area contributed by atoms with E-state index >= 15 is 0 Å². The Morgan fingerprint density at radius 3 is 2.62 bits per heavy atom. The van der Waals surface area contributed by atoms with Crippen molar-refractivity contribution in [3.8, 4) is 11.3 Å². The van der Waals surface area contributed by atoms with Gasteiger partial charge in [-0.25, -0.2) is 14.2 Å². The van der Waals surface area contributed by atoms with E-state index in [0.717, 1.165) is 0 Å². The SMILES string of the molecule is O=C(CCc1ncc(-c2ccccc2F)o1)N1CCC(O)(C(=O)O)CC1. The number of aliphatic hydroxyl groups is 1. The van der Waals surface area contributed by atoms with E-state index in [1.165, 1.54) is 17.2 Å². The van der Waals surface area contributed by atoms with E-state index in [4.69, 9.17) is 9.52 Å². The number of hydrogen-bond donors (Lipinski definition) is 2. The number of carboxylic acids is 1. The second-order valence-electron chi connectivity index (χ2n) is 6.32. The van der Waals surface area contributed by atoms with E-state index < -0.39 is 17.4 Å². The molecule has 1 fully saturated rings. The van der Waals surface area contributed by atoms with Crippen molar-refractivity contribution in [1.82, 2.24) is 9.88 Å². The van der Waals surface area contributed by atoms with Gasteiger partial charge in [0.25, 0.3) is 0 Å². The normalized spacial score (nSPS) is 16.5. The Labute approximate surface area is 149 Å². The van der Waals surface area contributed by atoms with Gasteiger partial charge in [0.1, 0.15) is 5.82 Å². The molecule has 138 valence electrons. The van der Waals surface area contributed by atoms with Crippen LogP contribution in [0.4, 0.5) is 4.39 Å². The van der Waals surface area contributed by atoms with Crippen LogP contribution >= 0.6 is 0 Å². The fraction of sp³-hybridized carbons (Fsp3) is 0.389. The van der Waals surface area contributed by atoms with Gasteiger partial charge in [-0.3, -0.25) is 4.79 Å². The Morgan fingerprint density at radius 1 is 1.27 bits per heavy atom. The molecule has 1 aromatic carbocycles. The first-order valence-corrected chi connectivity index (χ1v) is 8.32. The largest absolute Gasteiger partial charge is 0.479 e. The van der Waals surface area contributed by atoms with Crippen molar-refractivity contribution in [3.05, 3.63) is 42.2 Å². The summed E-state index contributed by atoms with van der Waals surface area (Å²) >= 11 is 0. The molecule has 0 saturated carbocycles. The molecule has 1 amide bonds. The highest BCUT2D eigenvalue weighted by atomic mass is 19.1. The summed E-state index contributed by atoms with van der Waals surface area (Å²) in [6.07, 6.45) is 1.83. The van der Waals surface area contributed by atoms with Crippen molar-refractivity contribution >= 4 is 11.9 Å². The number of carbonyl (C=O) groups excluding carboxylic acids is 1. The van der Waals surface area contributed by atoms with Crippen LogP contribution in [0.1, 0.15) is 25.2 Å². The minimum absolute atomic E-state index is 0.00447.